The van der Waals surface area contributed by atoms with Crippen LogP contribution in [0.2, 0.25) is 0 Å². The summed E-state index contributed by atoms with van der Waals surface area (Å²) in [6.07, 6.45) is 3.71. The zero-order chi connectivity index (χ0) is 27.1. The number of benzene rings is 2. The van der Waals surface area contributed by atoms with Crippen molar-refractivity contribution in [2.45, 2.75) is 6.92 Å². The third kappa shape index (κ3) is 6.46. The van der Waals surface area contributed by atoms with Crippen molar-refractivity contribution in [3.8, 4) is 11.5 Å². The van der Waals surface area contributed by atoms with E-state index in [0.29, 0.717) is 28.6 Å². The van der Waals surface area contributed by atoms with Gasteiger partial charge < -0.3 is 26.0 Å². The van der Waals surface area contributed by atoms with E-state index in [1.807, 2.05) is 6.92 Å². The molecule has 2 amide bonds. The molecule has 0 bridgehead atoms. The molecule has 0 spiro atoms. The molecule has 11 heteroatoms. The normalized spacial score (nSPS) is 10.3. The summed E-state index contributed by atoms with van der Waals surface area (Å²) < 4.78 is 20.3. The number of halogens is 1. The van der Waals surface area contributed by atoms with Crippen LogP contribution in [0.1, 0.15) is 16.1 Å². The topological polar surface area (TPSA) is 130 Å². The van der Waals surface area contributed by atoms with Crippen LogP contribution in [0.4, 0.5) is 33.2 Å². The van der Waals surface area contributed by atoms with Gasteiger partial charge in [0.25, 0.3) is 5.91 Å². The Balaban J connectivity index is 1.47. The molecule has 2 aromatic carbocycles. The minimum absolute atomic E-state index is 0.0445. The molecule has 0 saturated heterocycles. The van der Waals surface area contributed by atoms with Crippen molar-refractivity contribution >= 4 is 40.6 Å². The van der Waals surface area contributed by atoms with Crippen LogP contribution in [0.5, 0.6) is 11.5 Å². The molecule has 192 valence electrons. The van der Waals surface area contributed by atoms with Crippen molar-refractivity contribution in [3.63, 3.8) is 0 Å². The fourth-order valence-electron chi connectivity index (χ4n) is 3.34. The molecule has 0 atom stereocenters. The summed E-state index contributed by atoms with van der Waals surface area (Å²) in [5.41, 5.74) is 2.78. The quantitative estimate of drug-likeness (QED) is 0.228. The monoisotopic (exact) mass is 513 g/mol. The Bertz CT molecular complexity index is 1510. The first-order chi connectivity index (χ1) is 18.3. The number of aryl methyl sites for hydroxylation is 1. The molecular weight excluding hydrogens is 489 g/mol. The van der Waals surface area contributed by atoms with Crippen molar-refractivity contribution in [1.82, 2.24) is 20.3 Å². The van der Waals surface area contributed by atoms with E-state index in [2.05, 4.69) is 42.8 Å². The van der Waals surface area contributed by atoms with Gasteiger partial charge in [0, 0.05) is 36.4 Å². The number of amides is 2. The van der Waals surface area contributed by atoms with E-state index in [4.69, 9.17) is 4.74 Å². The Morgan fingerprint density at radius 1 is 1.00 bits per heavy atom. The van der Waals surface area contributed by atoms with Crippen LogP contribution in [0.3, 0.4) is 0 Å². The van der Waals surface area contributed by atoms with Gasteiger partial charge in [-0.3, -0.25) is 14.6 Å². The SMILES string of the molecule is C=CC(=O)Nc1cccc(Nc2nc(Nc3ccc(Oc4ccnc(C(=O)NC)c4)cc3C)ncc2F)c1. The second-order valence-electron chi connectivity index (χ2n) is 7.95. The Hall–Kier alpha value is -5.32. The molecule has 0 aliphatic heterocycles. The van der Waals surface area contributed by atoms with Crippen molar-refractivity contribution in [2.24, 2.45) is 0 Å². The Morgan fingerprint density at radius 3 is 2.55 bits per heavy atom. The van der Waals surface area contributed by atoms with Gasteiger partial charge in [-0.2, -0.15) is 4.98 Å². The lowest BCUT2D eigenvalue weighted by molar-refractivity contribution is -0.111. The highest BCUT2D eigenvalue weighted by Crippen LogP contribution is 2.28. The summed E-state index contributed by atoms with van der Waals surface area (Å²) in [6, 6.07) is 15.3. The van der Waals surface area contributed by atoms with E-state index in [1.54, 1.807) is 54.6 Å². The van der Waals surface area contributed by atoms with Crippen molar-refractivity contribution in [1.29, 1.82) is 0 Å². The fourth-order valence-corrected chi connectivity index (χ4v) is 3.34. The number of carbonyl (C=O) groups is 2. The lowest BCUT2D eigenvalue weighted by Crippen LogP contribution is -2.18. The van der Waals surface area contributed by atoms with Crippen LogP contribution in [0, 0.1) is 12.7 Å². The molecule has 0 unspecified atom stereocenters. The van der Waals surface area contributed by atoms with Crippen LogP contribution >= 0.6 is 0 Å². The maximum absolute atomic E-state index is 14.5. The molecular formula is C27H24FN7O3. The molecule has 0 fully saturated rings. The molecule has 4 rings (SSSR count). The van der Waals surface area contributed by atoms with Crippen LogP contribution in [0.25, 0.3) is 0 Å². The minimum Gasteiger partial charge on any atom is -0.457 e. The van der Waals surface area contributed by atoms with Gasteiger partial charge in [0.1, 0.15) is 17.2 Å². The second-order valence-corrected chi connectivity index (χ2v) is 7.95. The average Bonchev–Trinajstić information content (AvgIpc) is 2.92. The lowest BCUT2D eigenvalue weighted by Gasteiger charge is -2.13. The highest BCUT2D eigenvalue weighted by Gasteiger charge is 2.11. The first-order valence-electron chi connectivity index (χ1n) is 11.4. The van der Waals surface area contributed by atoms with E-state index < -0.39 is 5.82 Å². The number of ether oxygens (including phenoxy) is 1. The molecule has 4 aromatic rings. The number of nitrogens with zero attached hydrogens (tertiary/aromatic N) is 3. The number of nitrogens with one attached hydrogen (secondary N) is 4. The molecule has 0 saturated carbocycles. The zero-order valence-corrected chi connectivity index (χ0v) is 20.6. The molecule has 2 heterocycles. The van der Waals surface area contributed by atoms with Gasteiger partial charge >= 0.3 is 0 Å². The number of rotatable bonds is 9. The number of anilines is 5. The molecule has 0 aliphatic carbocycles. The number of hydrogen-bond donors (Lipinski definition) is 4. The van der Waals surface area contributed by atoms with E-state index in [9.17, 15) is 14.0 Å². The molecule has 4 N–H and O–H groups in total. The third-order valence-corrected chi connectivity index (χ3v) is 5.19. The number of pyridine rings is 1. The van der Waals surface area contributed by atoms with Gasteiger partial charge in [-0.15, -0.1) is 0 Å². The summed E-state index contributed by atoms with van der Waals surface area (Å²) in [4.78, 5) is 35.7. The first-order valence-corrected chi connectivity index (χ1v) is 11.4. The molecule has 0 aliphatic rings. The van der Waals surface area contributed by atoms with E-state index in [1.165, 1.54) is 13.2 Å². The summed E-state index contributed by atoms with van der Waals surface area (Å²) in [5.74, 6) is -0.181. The molecule has 38 heavy (non-hydrogen) atoms. The average molecular weight is 514 g/mol. The Kier molecular flexibility index (Phi) is 7.87. The van der Waals surface area contributed by atoms with Crippen LogP contribution in [0.15, 0.2) is 79.6 Å². The number of carbonyl (C=O) groups excluding carboxylic acids is 2. The molecule has 2 aromatic heterocycles. The smallest absolute Gasteiger partial charge is 0.269 e. The highest BCUT2D eigenvalue weighted by molar-refractivity contribution is 5.99. The number of aromatic nitrogens is 3. The highest BCUT2D eigenvalue weighted by atomic mass is 19.1. The van der Waals surface area contributed by atoms with Gasteiger partial charge in [0.15, 0.2) is 11.6 Å². The molecule has 10 nitrogen and oxygen atoms in total. The summed E-state index contributed by atoms with van der Waals surface area (Å²) in [6.45, 7) is 5.28. The zero-order valence-electron chi connectivity index (χ0n) is 20.6. The minimum atomic E-state index is -0.648. The maximum atomic E-state index is 14.5. The predicted molar refractivity (Wildman–Crippen MR) is 143 cm³/mol. The summed E-state index contributed by atoms with van der Waals surface area (Å²) in [7, 11) is 1.53. The van der Waals surface area contributed by atoms with E-state index in [-0.39, 0.29) is 29.3 Å². The summed E-state index contributed by atoms with van der Waals surface area (Å²) >= 11 is 0. The first kappa shape index (κ1) is 25.8. The van der Waals surface area contributed by atoms with Gasteiger partial charge in [-0.1, -0.05) is 12.6 Å². The fraction of sp³-hybridized carbons (Fsp3) is 0.0741. The van der Waals surface area contributed by atoms with E-state index >= 15 is 0 Å². The lowest BCUT2D eigenvalue weighted by atomic mass is 10.2. The standard InChI is InChI=1S/C27H24FN7O3/c1-4-24(36)32-17-6-5-7-18(13-17)33-25-21(28)15-31-27(35-25)34-22-9-8-19(12-16(22)2)38-20-10-11-30-23(14-20)26(37)29-3/h4-15H,1H2,2-3H3,(H,29,37)(H,32,36)(H2,31,33,34,35). The second kappa shape index (κ2) is 11.6. The van der Waals surface area contributed by atoms with Crippen LogP contribution < -0.4 is 26.0 Å². The van der Waals surface area contributed by atoms with Crippen LogP contribution in [-0.2, 0) is 4.79 Å². The van der Waals surface area contributed by atoms with Crippen LogP contribution in [-0.4, -0.2) is 33.8 Å². The number of hydrogen-bond acceptors (Lipinski definition) is 8. The summed E-state index contributed by atoms with van der Waals surface area (Å²) in [5, 5.41) is 11.1. The van der Waals surface area contributed by atoms with E-state index in [0.717, 1.165) is 17.8 Å². The maximum Gasteiger partial charge on any atom is 0.269 e. The van der Waals surface area contributed by atoms with Gasteiger partial charge in [-0.05, 0) is 61.0 Å². The Morgan fingerprint density at radius 2 is 1.79 bits per heavy atom. The van der Waals surface area contributed by atoms with Crippen molar-refractivity contribution in [2.75, 3.05) is 23.0 Å². The predicted octanol–water partition coefficient (Wildman–Crippen LogP) is 5.08. The van der Waals surface area contributed by atoms with Gasteiger partial charge in [-0.25, -0.2) is 9.37 Å². The van der Waals surface area contributed by atoms with Gasteiger partial charge in [0.05, 0.1) is 6.20 Å². The van der Waals surface area contributed by atoms with Gasteiger partial charge in [0.2, 0.25) is 11.9 Å². The molecule has 0 radical (unpaired) electrons. The van der Waals surface area contributed by atoms with Crippen molar-refractivity contribution in [3.05, 3.63) is 96.7 Å². The third-order valence-electron chi connectivity index (χ3n) is 5.19. The Labute approximate surface area is 218 Å². The largest absolute Gasteiger partial charge is 0.457 e. The van der Waals surface area contributed by atoms with Crippen molar-refractivity contribution < 1.29 is 18.7 Å².